The van der Waals surface area contributed by atoms with Crippen LogP contribution in [-0.2, 0) is 5.41 Å². The molecule has 0 aliphatic heterocycles. The molecule has 34 heavy (non-hydrogen) atoms. The first-order chi connectivity index (χ1) is 16.1. The van der Waals surface area contributed by atoms with E-state index in [9.17, 15) is 4.79 Å². The van der Waals surface area contributed by atoms with E-state index in [1.165, 1.54) is 5.56 Å². The number of esters is 1. The fourth-order valence-corrected chi connectivity index (χ4v) is 4.53. The highest BCUT2D eigenvalue weighted by atomic mass is 35.5. The topological polar surface area (TPSA) is 39.2 Å². The highest BCUT2D eigenvalue weighted by molar-refractivity contribution is 6.36. The fraction of sp³-hybridized carbons (Fsp3) is 0.241. The van der Waals surface area contributed by atoms with E-state index in [1.54, 1.807) is 18.2 Å². The molecule has 0 aliphatic rings. The number of aryl methyl sites for hydroxylation is 2. The fourth-order valence-electron chi connectivity index (χ4n) is 4.03. The van der Waals surface area contributed by atoms with Gasteiger partial charge in [-0.3, -0.25) is 0 Å². The molecule has 0 saturated carbocycles. The second-order valence-electron chi connectivity index (χ2n) is 9.31. The number of pyridine rings is 1. The lowest BCUT2D eigenvalue weighted by Gasteiger charge is -2.23. The Morgan fingerprint density at radius 1 is 0.971 bits per heavy atom. The number of hydrogen-bond donors (Lipinski definition) is 0. The second kappa shape index (κ2) is 9.40. The Balaban J connectivity index is 1.79. The van der Waals surface area contributed by atoms with Gasteiger partial charge in [0, 0.05) is 16.0 Å². The molecular formula is C29H27Cl2NO2. The van der Waals surface area contributed by atoms with E-state index in [0.717, 1.165) is 28.5 Å². The minimum absolute atomic E-state index is 0.0612. The van der Waals surface area contributed by atoms with Crippen molar-refractivity contribution >= 4 is 40.1 Å². The van der Waals surface area contributed by atoms with Crippen LogP contribution >= 0.6 is 23.2 Å². The number of aromatic nitrogens is 1. The summed E-state index contributed by atoms with van der Waals surface area (Å²) in [6.45, 7) is 10.5. The summed E-state index contributed by atoms with van der Waals surface area (Å²) < 4.78 is 5.81. The van der Waals surface area contributed by atoms with Gasteiger partial charge in [-0.2, -0.15) is 0 Å². The quantitative estimate of drug-likeness (QED) is 0.207. The molecule has 0 amide bonds. The zero-order valence-electron chi connectivity index (χ0n) is 20.0. The number of rotatable bonds is 5. The van der Waals surface area contributed by atoms with Crippen LogP contribution in [0.1, 0.15) is 54.2 Å². The second-order valence-corrected chi connectivity index (χ2v) is 10.2. The molecule has 0 bridgehead atoms. The summed E-state index contributed by atoms with van der Waals surface area (Å²) >= 11 is 12.5. The minimum Gasteiger partial charge on any atom is -0.423 e. The number of benzene rings is 3. The van der Waals surface area contributed by atoms with Crippen molar-refractivity contribution in [2.24, 2.45) is 0 Å². The molecule has 3 aromatic carbocycles. The molecule has 174 valence electrons. The molecule has 0 atom stereocenters. The average molecular weight is 492 g/mol. The number of ether oxygens (including phenoxy) is 1. The number of fused-ring (bicyclic) bond motifs is 1. The number of nitrogens with zero attached hydrogens (tertiary/aromatic N) is 1. The molecular weight excluding hydrogens is 465 g/mol. The lowest BCUT2D eigenvalue weighted by Crippen LogP contribution is -2.15. The largest absolute Gasteiger partial charge is 0.423 e. The normalized spacial score (nSPS) is 11.6. The van der Waals surface area contributed by atoms with E-state index < -0.39 is 5.97 Å². The predicted molar refractivity (Wildman–Crippen MR) is 141 cm³/mol. The maximum absolute atomic E-state index is 13.4. The van der Waals surface area contributed by atoms with Crippen LogP contribution in [0, 0.1) is 13.8 Å². The van der Waals surface area contributed by atoms with E-state index in [4.69, 9.17) is 32.9 Å². The average Bonchev–Trinajstić information content (AvgIpc) is 2.79. The molecule has 0 aliphatic carbocycles. The third-order valence-corrected chi connectivity index (χ3v) is 6.95. The summed E-state index contributed by atoms with van der Waals surface area (Å²) in [6.07, 6.45) is 1.02. The molecule has 4 aromatic rings. The van der Waals surface area contributed by atoms with Crippen molar-refractivity contribution in [1.29, 1.82) is 0 Å². The van der Waals surface area contributed by atoms with Gasteiger partial charge in [-0.25, -0.2) is 9.78 Å². The first-order valence-electron chi connectivity index (χ1n) is 11.3. The van der Waals surface area contributed by atoms with Crippen LogP contribution in [0.15, 0.2) is 60.7 Å². The third-order valence-electron chi connectivity index (χ3n) is 6.41. The van der Waals surface area contributed by atoms with Crippen molar-refractivity contribution in [3.8, 4) is 17.0 Å². The molecule has 0 N–H and O–H groups in total. The smallest absolute Gasteiger partial charge is 0.344 e. The number of halogens is 2. The van der Waals surface area contributed by atoms with E-state index >= 15 is 0 Å². The van der Waals surface area contributed by atoms with E-state index in [1.807, 2.05) is 56.3 Å². The van der Waals surface area contributed by atoms with Crippen LogP contribution in [0.5, 0.6) is 5.75 Å². The van der Waals surface area contributed by atoms with Gasteiger partial charge >= 0.3 is 5.97 Å². The zero-order valence-corrected chi connectivity index (χ0v) is 21.5. The molecule has 1 aromatic heterocycles. The Hall–Kier alpha value is -2.88. The first kappa shape index (κ1) is 24.3. The maximum Gasteiger partial charge on any atom is 0.344 e. The van der Waals surface area contributed by atoms with Crippen molar-refractivity contribution in [2.75, 3.05) is 0 Å². The Kier molecular flexibility index (Phi) is 6.71. The third kappa shape index (κ3) is 4.82. The van der Waals surface area contributed by atoms with Gasteiger partial charge in [0.25, 0.3) is 0 Å². The lowest BCUT2D eigenvalue weighted by molar-refractivity contribution is 0.0736. The van der Waals surface area contributed by atoms with Crippen molar-refractivity contribution in [3.05, 3.63) is 93.0 Å². The molecule has 0 radical (unpaired) electrons. The number of hydrogen-bond acceptors (Lipinski definition) is 3. The van der Waals surface area contributed by atoms with Crippen LogP contribution in [-0.4, -0.2) is 11.0 Å². The predicted octanol–water partition coefficient (Wildman–Crippen LogP) is 8.73. The summed E-state index contributed by atoms with van der Waals surface area (Å²) in [4.78, 5) is 18.2. The minimum atomic E-state index is -0.439. The Bertz CT molecular complexity index is 1390. The van der Waals surface area contributed by atoms with Crippen molar-refractivity contribution in [3.63, 3.8) is 0 Å². The molecule has 0 spiro atoms. The summed E-state index contributed by atoms with van der Waals surface area (Å²) in [5, 5.41) is 1.76. The number of carbonyl (C=O) groups is 1. The van der Waals surface area contributed by atoms with Crippen LogP contribution in [0.3, 0.4) is 0 Å². The molecule has 3 nitrogen and oxygen atoms in total. The van der Waals surface area contributed by atoms with E-state index in [0.29, 0.717) is 32.6 Å². The van der Waals surface area contributed by atoms with E-state index in [2.05, 4.69) is 20.8 Å². The standard InChI is InChI=1S/C29H27Cl2NO2/c1-6-29(4,5)19-7-10-21(11-8-19)34-28(33)24-16-26(22-12-9-20(30)15-25(22)31)32-27-18(3)13-17(2)14-23(24)27/h7-16H,6H2,1-5H3. The van der Waals surface area contributed by atoms with Gasteiger partial charge in [0.15, 0.2) is 0 Å². The monoisotopic (exact) mass is 491 g/mol. The van der Waals surface area contributed by atoms with Gasteiger partial charge < -0.3 is 4.74 Å². The molecule has 5 heteroatoms. The van der Waals surface area contributed by atoms with Gasteiger partial charge in [-0.15, -0.1) is 0 Å². The summed E-state index contributed by atoms with van der Waals surface area (Å²) in [5.74, 6) is 0.0623. The van der Waals surface area contributed by atoms with Gasteiger partial charge in [0.2, 0.25) is 0 Å². The van der Waals surface area contributed by atoms with E-state index in [-0.39, 0.29) is 5.41 Å². The summed E-state index contributed by atoms with van der Waals surface area (Å²) in [6, 6.07) is 18.7. The van der Waals surface area contributed by atoms with Crippen molar-refractivity contribution in [2.45, 2.75) is 46.5 Å². The molecule has 1 heterocycles. The molecule has 0 unspecified atom stereocenters. The SMILES string of the molecule is CCC(C)(C)c1ccc(OC(=O)c2cc(-c3ccc(Cl)cc3Cl)nc3c(C)cc(C)cc23)cc1. The Morgan fingerprint density at radius 2 is 1.68 bits per heavy atom. The molecule has 0 saturated heterocycles. The number of carbonyl (C=O) groups excluding carboxylic acids is 1. The molecule has 0 fully saturated rings. The van der Waals surface area contributed by atoms with Crippen LogP contribution < -0.4 is 4.74 Å². The lowest BCUT2D eigenvalue weighted by atomic mass is 9.82. The maximum atomic E-state index is 13.4. The van der Waals surface area contributed by atoms with Gasteiger partial charge in [0.1, 0.15) is 5.75 Å². The highest BCUT2D eigenvalue weighted by Gasteiger charge is 2.20. The molecule has 4 rings (SSSR count). The van der Waals surface area contributed by atoms with Gasteiger partial charge in [-0.05, 0) is 79.3 Å². The zero-order chi connectivity index (χ0) is 24.6. The Labute approximate surface area is 210 Å². The van der Waals surface area contributed by atoms with Crippen LogP contribution in [0.25, 0.3) is 22.2 Å². The van der Waals surface area contributed by atoms with Crippen LogP contribution in [0.4, 0.5) is 0 Å². The summed E-state index contributed by atoms with van der Waals surface area (Å²) in [5.41, 5.74) is 5.76. The Morgan fingerprint density at radius 3 is 2.32 bits per heavy atom. The van der Waals surface area contributed by atoms with Crippen molar-refractivity contribution < 1.29 is 9.53 Å². The van der Waals surface area contributed by atoms with Crippen LogP contribution in [0.2, 0.25) is 10.0 Å². The first-order valence-corrected chi connectivity index (χ1v) is 12.0. The van der Waals surface area contributed by atoms with Gasteiger partial charge in [-0.1, -0.05) is 67.7 Å². The summed E-state index contributed by atoms with van der Waals surface area (Å²) in [7, 11) is 0. The van der Waals surface area contributed by atoms with Crippen molar-refractivity contribution in [1.82, 2.24) is 4.98 Å². The van der Waals surface area contributed by atoms with Gasteiger partial charge in [0.05, 0.1) is 21.8 Å². The highest BCUT2D eigenvalue weighted by Crippen LogP contribution is 2.34.